The summed E-state index contributed by atoms with van der Waals surface area (Å²) in [6.07, 6.45) is 3.64. The fourth-order valence-electron chi connectivity index (χ4n) is 3.16. The monoisotopic (exact) mass is 401 g/mol. The van der Waals surface area contributed by atoms with Gasteiger partial charge in [-0.3, -0.25) is 0 Å². The SMILES string of the molecule is CCNC(=NCc1ccc(N2CCOC(C)C2)nc1)NCC(C)(O)c1ccco1. The first kappa shape index (κ1) is 21.1. The van der Waals surface area contributed by atoms with Crippen molar-refractivity contribution in [3.05, 3.63) is 48.0 Å². The van der Waals surface area contributed by atoms with Gasteiger partial charge in [-0.2, -0.15) is 0 Å². The van der Waals surface area contributed by atoms with Gasteiger partial charge < -0.3 is 29.8 Å². The average Bonchev–Trinajstić information content (AvgIpc) is 3.26. The van der Waals surface area contributed by atoms with Crippen molar-refractivity contribution in [1.29, 1.82) is 0 Å². The van der Waals surface area contributed by atoms with Gasteiger partial charge in [0, 0.05) is 25.8 Å². The van der Waals surface area contributed by atoms with Gasteiger partial charge in [-0.25, -0.2) is 9.98 Å². The number of anilines is 1. The fourth-order valence-corrected chi connectivity index (χ4v) is 3.16. The summed E-state index contributed by atoms with van der Waals surface area (Å²) >= 11 is 0. The molecular formula is C21H31N5O3. The van der Waals surface area contributed by atoms with Gasteiger partial charge in [-0.1, -0.05) is 6.07 Å². The normalized spacial score (nSPS) is 19.7. The standard InChI is InChI=1S/C21H31N5O3/c1-4-22-20(25-15-21(3,27)18-6-5-10-29-18)24-13-17-7-8-19(23-12-17)26-9-11-28-16(2)14-26/h5-8,10,12,16,27H,4,9,11,13-15H2,1-3H3,(H2,22,24,25). The Morgan fingerprint density at radius 2 is 2.24 bits per heavy atom. The van der Waals surface area contributed by atoms with Gasteiger partial charge in [0.15, 0.2) is 5.96 Å². The molecule has 8 nitrogen and oxygen atoms in total. The number of ether oxygens (including phenoxy) is 1. The van der Waals surface area contributed by atoms with E-state index in [4.69, 9.17) is 9.15 Å². The van der Waals surface area contributed by atoms with E-state index in [0.717, 1.165) is 37.6 Å². The lowest BCUT2D eigenvalue weighted by Crippen LogP contribution is -2.44. The maximum atomic E-state index is 10.6. The first-order chi connectivity index (χ1) is 14.0. The lowest BCUT2D eigenvalue weighted by molar-refractivity contribution is 0.0386. The van der Waals surface area contributed by atoms with Crippen LogP contribution in [-0.2, 0) is 16.9 Å². The molecule has 0 radical (unpaired) electrons. The molecular weight excluding hydrogens is 370 g/mol. The van der Waals surface area contributed by atoms with Gasteiger partial charge in [-0.15, -0.1) is 0 Å². The van der Waals surface area contributed by atoms with E-state index >= 15 is 0 Å². The highest BCUT2D eigenvalue weighted by Crippen LogP contribution is 2.20. The van der Waals surface area contributed by atoms with Crippen LogP contribution in [0.4, 0.5) is 5.82 Å². The molecule has 2 unspecified atom stereocenters. The summed E-state index contributed by atoms with van der Waals surface area (Å²) in [6.45, 7) is 9.72. The molecule has 29 heavy (non-hydrogen) atoms. The molecule has 2 atom stereocenters. The Morgan fingerprint density at radius 1 is 1.38 bits per heavy atom. The van der Waals surface area contributed by atoms with Gasteiger partial charge in [0.05, 0.1) is 32.1 Å². The minimum Gasteiger partial charge on any atom is -0.466 e. The van der Waals surface area contributed by atoms with Crippen LogP contribution >= 0.6 is 0 Å². The molecule has 3 rings (SSSR count). The number of aliphatic imine (C=N–C) groups is 1. The largest absolute Gasteiger partial charge is 0.466 e. The number of aliphatic hydroxyl groups is 1. The van der Waals surface area contributed by atoms with Crippen molar-refractivity contribution in [3.63, 3.8) is 0 Å². The highest BCUT2D eigenvalue weighted by molar-refractivity contribution is 5.79. The molecule has 1 fully saturated rings. The zero-order valence-corrected chi connectivity index (χ0v) is 17.4. The zero-order chi connectivity index (χ0) is 20.7. The molecule has 2 aromatic heterocycles. The summed E-state index contributed by atoms with van der Waals surface area (Å²) in [5.74, 6) is 2.11. The van der Waals surface area contributed by atoms with Crippen LogP contribution in [0.5, 0.6) is 0 Å². The van der Waals surface area contributed by atoms with Crippen LogP contribution in [0.3, 0.4) is 0 Å². The lowest BCUT2D eigenvalue weighted by atomic mass is 10.0. The maximum absolute atomic E-state index is 10.6. The molecule has 1 aliphatic heterocycles. The smallest absolute Gasteiger partial charge is 0.191 e. The summed E-state index contributed by atoms with van der Waals surface area (Å²) in [7, 11) is 0. The molecule has 2 aromatic rings. The van der Waals surface area contributed by atoms with E-state index in [1.54, 1.807) is 25.3 Å². The number of guanidine groups is 1. The second-order valence-corrected chi connectivity index (χ2v) is 7.45. The van der Waals surface area contributed by atoms with E-state index in [-0.39, 0.29) is 12.6 Å². The Labute approximate surface area is 172 Å². The summed E-state index contributed by atoms with van der Waals surface area (Å²) in [4.78, 5) is 11.4. The van der Waals surface area contributed by atoms with E-state index < -0.39 is 5.60 Å². The molecule has 0 saturated carbocycles. The van der Waals surface area contributed by atoms with Gasteiger partial charge in [-0.05, 0) is 44.5 Å². The van der Waals surface area contributed by atoms with Crippen molar-refractivity contribution in [2.24, 2.45) is 4.99 Å². The van der Waals surface area contributed by atoms with Crippen molar-refractivity contribution in [3.8, 4) is 0 Å². The molecule has 158 valence electrons. The van der Waals surface area contributed by atoms with Crippen molar-refractivity contribution in [2.45, 2.75) is 39.0 Å². The van der Waals surface area contributed by atoms with Crippen LogP contribution < -0.4 is 15.5 Å². The minimum atomic E-state index is -1.13. The second-order valence-electron chi connectivity index (χ2n) is 7.45. The quantitative estimate of drug-likeness (QED) is 0.481. The Morgan fingerprint density at radius 3 is 2.90 bits per heavy atom. The van der Waals surface area contributed by atoms with E-state index in [2.05, 4.69) is 38.5 Å². The summed E-state index contributed by atoms with van der Waals surface area (Å²) in [6, 6.07) is 7.60. The first-order valence-corrected chi connectivity index (χ1v) is 10.1. The number of furan rings is 1. The molecule has 3 N–H and O–H groups in total. The molecule has 1 saturated heterocycles. The Balaban J connectivity index is 1.58. The van der Waals surface area contributed by atoms with Crippen molar-refractivity contribution >= 4 is 11.8 Å². The van der Waals surface area contributed by atoms with Crippen LogP contribution in [0.25, 0.3) is 0 Å². The van der Waals surface area contributed by atoms with Gasteiger partial charge in [0.1, 0.15) is 17.2 Å². The van der Waals surface area contributed by atoms with Gasteiger partial charge in [0.2, 0.25) is 0 Å². The van der Waals surface area contributed by atoms with Crippen molar-refractivity contribution < 1.29 is 14.3 Å². The number of aromatic nitrogens is 1. The van der Waals surface area contributed by atoms with Crippen LogP contribution in [0.2, 0.25) is 0 Å². The molecule has 0 aromatic carbocycles. The highest BCUT2D eigenvalue weighted by atomic mass is 16.5. The van der Waals surface area contributed by atoms with Crippen LogP contribution in [0.15, 0.2) is 46.1 Å². The molecule has 0 spiro atoms. The number of morpholine rings is 1. The predicted octanol–water partition coefficient (Wildman–Crippen LogP) is 1.86. The number of nitrogens with zero attached hydrogens (tertiary/aromatic N) is 3. The number of pyridine rings is 1. The third kappa shape index (κ3) is 5.95. The van der Waals surface area contributed by atoms with Crippen molar-refractivity contribution in [2.75, 3.05) is 37.7 Å². The molecule has 0 amide bonds. The van der Waals surface area contributed by atoms with E-state index in [9.17, 15) is 5.11 Å². The molecule has 0 aliphatic carbocycles. The Kier molecular flexibility index (Phi) is 7.11. The Hall–Kier alpha value is -2.58. The average molecular weight is 402 g/mol. The van der Waals surface area contributed by atoms with Crippen molar-refractivity contribution in [1.82, 2.24) is 15.6 Å². The van der Waals surface area contributed by atoms with E-state index in [1.807, 2.05) is 19.2 Å². The van der Waals surface area contributed by atoms with Gasteiger partial charge in [0.25, 0.3) is 0 Å². The topological polar surface area (TPSA) is 95.2 Å². The number of nitrogens with one attached hydrogen (secondary N) is 2. The fraction of sp³-hybridized carbons (Fsp3) is 0.524. The molecule has 1 aliphatic rings. The number of hydrogen-bond donors (Lipinski definition) is 3. The van der Waals surface area contributed by atoms with Gasteiger partial charge >= 0.3 is 0 Å². The molecule has 0 bridgehead atoms. The van der Waals surface area contributed by atoms with Crippen LogP contribution in [0, 0.1) is 0 Å². The third-order valence-corrected chi connectivity index (χ3v) is 4.79. The Bertz CT molecular complexity index is 774. The summed E-state index contributed by atoms with van der Waals surface area (Å²) in [5, 5.41) is 17.0. The van der Waals surface area contributed by atoms with Crippen LogP contribution in [-0.4, -0.2) is 54.9 Å². The van der Waals surface area contributed by atoms with E-state index in [1.165, 1.54) is 0 Å². The maximum Gasteiger partial charge on any atom is 0.191 e. The zero-order valence-electron chi connectivity index (χ0n) is 17.4. The minimum absolute atomic E-state index is 0.224. The second kappa shape index (κ2) is 9.76. The predicted molar refractivity (Wildman–Crippen MR) is 113 cm³/mol. The molecule has 8 heteroatoms. The number of hydrogen-bond acceptors (Lipinski definition) is 6. The highest BCUT2D eigenvalue weighted by Gasteiger charge is 2.26. The lowest BCUT2D eigenvalue weighted by Gasteiger charge is -2.32. The third-order valence-electron chi connectivity index (χ3n) is 4.79. The summed E-state index contributed by atoms with van der Waals surface area (Å²) in [5.41, 5.74) is -0.108. The summed E-state index contributed by atoms with van der Waals surface area (Å²) < 4.78 is 10.9. The molecule has 3 heterocycles. The number of rotatable bonds is 7. The first-order valence-electron chi connectivity index (χ1n) is 10.1. The van der Waals surface area contributed by atoms with Crippen LogP contribution in [0.1, 0.15) is 32.1 Å². The van der Waals surface area contributed by atoms with E-state index in [0.29, 0.717) is 18.3 Å².